The lowest BCUT2D eigenvalue weighted by atomic mass is 9.49. The van der Waals surface area contributed by atoms with Gasteiger partial charge in [0.25, 0.3) is 0 Å². The molecule has 1 unspecified atom stereocenters. The van der Waals surface area contributed by atoms with Gasteiger partial charge in [0.05, 0.1) is 5.38 Å². The molecule has 4 aliphatic rings. The van der Waals surface area contributed by atoms with E-state index in [1.807, 2.05) is 0 Å². The molecular weight excluding hydrogens is 246 g/mol. The van der Waals surface area contributed by atoms with Crippen LogP contribution < -0.4 is 5.32 Å². The van der Waals surface area contributed by atoms with Gasteiger partial charge in [0.15, 0.2) is 0 Å². The van der Waals surface area contributed by atoms with Crippen molar-refractivity contribution in [2.75, 3.05) is 6.54 Å². The summed E-state index contributed by atoms with van der Waals surface area (Å²) >= 11 is 6.10. The maximum absolute atomic E-state index is 12.5. The van der Waals surface area contributed by atoms with Crippen LogP contribution in [0.1, 0.15) is 51.9 Å². The third-order valence-corrected chi connectivity index (χ3v) is 5.91. The molecule has 1 N–H and O–H groups in total. The first kappa shape index (κ1) is 12.8. The summed E-state index contributed by atoms with van der Waals surface area (Å²) in [4.78, 5) is 12.5. The molecule has 1 amide bonds. The lowest BCUT2D eigenvalue weighted by Crippen LogP contribution is -2.54. The van der Waals surface area contributed by atoms with E-state index < -0.39 is 0 Å². The second kappa shape index (κ2) is 4.70. The van der Waals surface area contributed by atoms with Crippen LogP contribution in [0.3, 0.4) is 0 Å². The largest absolute Gasteiger partial charge is 0.354 e. The number of alkyl halides is 1. The molecule has 0 aromatic carbocycles. The molecule has 0 aliphatic heterocycles. The molecule has 0 saturated heterocycles. The minimum atomic E-state index is -0.0148. The SMILES string of the molecule is CCC(Cl)CNC(=O)C12CC3CC(CC(C3)C1)C2. The molecule has 1 atom stereocenters. The Kier molecular flexibility index (Phi) is 3.34. The van der Waals surface area contributed by atoms with Gasteiger partial charge in [-0.25, -0.2) is 0 Å². The number of carbonyl (C=O) groups is 1. The van der Waals surface area contributed by atoms with E-state index in [1.54, 1.807) is 0 Å². The highest BCUT2D eigenvalue weighted by Gasteiger charge is 2.54. The Morgan fingerprint density at radius 2 is 1.72 bits per heavy atom. The topological polar surface area (TPSA) is 29.1 Å². The first-order valence-corrected chi connectivity index (χ1v) is 7.97. The molecular formula is C15H24ClNO. The van der Waals surface area contributed by atoms with Crippen molar-refractivity contribution in [1.29, 1.82) is 0 Å². The van der Waals surface area contributed by atoms with E-state index in [0.717, 1.165) is 43.4 Å². The van der Waals surface area contributed by atoms with E-state index in [1.165, 1.54) is 19.3 Å². The number of nitrogens with one attached hydrogen (secondary N) is 1. The van der Waals surface area contributed by atoms with Crippen LogP contribution >= 0.6 is 11.6 Å². The van der Waals surface area contributed by atoms with Gasteiger partial charge in [-0.1, -0.05) is 6.92 Å². The Hall–Kier alpha value is -0.240. The van der Waals surface area contributed by atoms with E-state index in [0.29, 0.717) is 12.5 Å². The van der Waals surface area contributed by atoms with Crippen molar-refractivity contribution >= 4 is 17.5 Å². The smallest absolute Gasteiger partial charge is 0.226 e. The van der Waals surface area contributed by atoms with Crippen LogP contribution in [0.2, 0.25) is 0 Å². The minimum absolute atomic E-state index is 0.0148. The Morgan fingerprint density at radius 3 is 2.17 bits per heavy atom. The van der Waals surface area contributed by atoms with Crippen LogP contribution in [-0.4, -0.2) is 17.8 Å². The van der Waals surface area contributed by atoms with Crippen LogP contribution in [0.5, 0.6) is 0 Å². The van der Waals surface area contributed by atoms with Gasteiger partial charge in [-0.3, -0.25) is 4.79 Å². The first-order valence-electron chi connectivity index (χ1n) is 7.53. The van der Waals surface area contributed by atoms with Crippen LogP contribution in [0.4, 0.5) is 0 Å². The number of carbonyl (C=O) groups excluding carboxylic acids is 1. The van der Waals surface area contributed by atoms with Crippen LogP contribution in [-0.2, 0) is 4.79 Å². The van der Waals surface area contributed by atoms with Gasteiger partial charge in [-0.05, 0) is 62.7 Å². The fourth-order valence-corrected chi connectivity index (χ4v) is 5.00. The van der Waals surface area contributed by atoms with Crippen molar-refractivity contribution in [2.45, 2.75) is 57.2 Å². The highest BCUT2D eigenvalue weighted by atomic mass is 35.5. The lowest BCUT2D eigenvalue weighted by Gasteiger charge is -2.55. The number of amides is 1. The highest BCUT2D eigenvalue weighted by Crippen LogP contribution is 2.60. The average molecular weight is 270 g/mol. The second-order valence-electron chi connectivity index (χ2n) is 6.91. The van der Waals surface area contributed by atoms with Gasteiger partial charge in [-0.15, -0.1) is 11.6 Å². The molecule has 0 heterocycles. The molecule has 102 valence electrons. The predicted molar refractivity (Wildman–Crippen MR) is 73.5 cm³/mol. The molecule has 4 saturated carbocycles. The van der Waals surface area contributed by atoms with Gasteiger partial charge in [-0.2, -0.15) is 0 Å². The van der Waals surface area contributed by atoms with Crippen molar-refractivity contribution in [2.24, 2.45) is 23.2 Å². The second-order valence-corrected chi connectivity index (χ2v) is 7.53. The van der Waals surface area contributed by atoms with E-state index >= 15 is 0 Å². The van der Waals surface area contributed by atoms with Crippen LogP contribution in [0.25, 0.3) is 0 Å². The van der Waals surface area contributed by atoms with E-state index in [-0.39, 0.29) is 10.8 Å². The summed E-state index contributed by atoms with van der Waals surface area (Å²) in [5, 5.41) is 3.21. The molecule has 18 heavy (non-hydrogen) atoms. The number of rotatable bonds is 4. The zero-order chi connectivity index (χ0) is 12.8. The molecule has 0 aromatic rings. The normalized spacial score (nSPS) is 42.9. The van der Waals surface area contributed by atoms with Gasteiger partial charge in [0.2, 0.25) is 5.91 Å². The molecule has 0 radical (unpaired) electrons. The summed E-state index contributed by atoms with van der Waals surface area (Å²) in [5.74, 6) is 2.81. The molecule has 3 heteroatoms. The molecule has 4 aliphatic carbocycles. The van der Waals surface area contributed by atoms with Crippen molar-refractivity contribution in [1.82, 2.24) is 5.32 Å². The molecule has 4 fully saturated rings. The van der Waals surface area contributed by atoms with Gasteiger partial charge in [0, 0.05) is 12.0 Å². The maximum atomic E-state index is 12.5. The summed E-state index contributed by atoms with van der Waals surface area (Å²) < 4.78 is 0. The first-order chi connectivity index (χ1) is 8.61. The van der Waals surface area contributed by atoms with Gasteiger partial charge >= 0.3 is 0 Å². The summed E-state index contributed by atoms with van der Waals surface area (Å²) in [6.07, 6.45) is 8.51. The summed E-state index contributed by atoms with van der Waals surface area (Å²) in [6, 6.07) is 0. The van der Waals surface area contributed by atoms with Gasteiger partial charge in [0.1, 0.15) is 0 Å². The Labute approximate surface area is 115 Å². The number of halogens is 1. The molecule has 0 spiro atoms. The van der Waals surface area contributed by atoms with Crippen LogP contribution in [0.15, 0.2) is 0 Å². The van der Waals surface area contributed by atoms with Gasteiger partial charge < -0.3 is 5.32 Å². The summed E-state index contributed by atoms with van der Waals surface area (Å²) in [5.41, 5.74) is -0.0148. The van der Waals surface area contributed by atoms with E-state index in [2.05, 4.69) is 12.2 Å². The van der Waals surface area contributed by atoms with E-state index in [9.17, 15) is 4.79 Å². The molecule has 4 rings (SSSR count). The molecule has 0 aromatic heterocycles. The van der Waals surface area contributed by atoms with Crippen molar-refractivity contribution < 1.29 is 4.79 Å². The zero-order valence-corrected chi connectivity index (χ0v) is 12.0. The molecule has 2 nitrogen and oxygen atoms in total. The van der Waals surface area contributed by atoms with Crippen molar-refractivity contribution in [3.05, 3.63) is 0 Å². The Balaban J connectivity index is 1.66. The fraction of sp³-hybridized carbons (Fsp3) is 0.933. The Morgan fingerprint density at radius 1 is 1.22 bits per heavy atom. The molecule has 4 bridgehead atoms. The average Bonchev–Trinajstić information content (AvgIpc) is 2.33. The van der Waals surface area contributed by atoms with Crippen LogP contribution in [0, 0.1) is 23.2 Å². The van der Waals surface area contributed by atoms with E-state index in [4.69, 9.17) is 11.6 Å². The highest BCUT2D eigenvalue weighted by molar-refractivity contribution is 6.20. The Bertz CT molecular complexity index is 306. The quantitative estimate of drug-likeness (QED) is 0.780. The lowest BCUT2D eigenvalue weighted by molar-refractivity contribution is -0.146. The standard InChI is InChI=1S/C15H24ClNO/c1-2-13(16)9-17-14(18)15-6-10-3-11(7-15)5-12(4-10)8-15/h10-13H,2-9H2,1H3,(H,17,18). The third-order valence-electron chi connectivity index (χ3n) is 5.45. The number of hydrogen-bond acceptors (Lipinski definition) is 1. The number of hydrogen-bond donors (Lipinski definition) is 1. The summed E-state index contributed by atoms with van der Waals surface area (Å²) in [6.45, 7) is 2.70. The minimum Gasteiger partial charge on any atom is -0.354 e. The zero-order valence-electron chi connectivity index (χ0n) is 11.3. The summed E-state index contributed by atoms with van der Waals surface area (Å²) in [7, 11) is 0. The van der Waals surface area contributed by atoms with Crippen molar-refractivity contribution in [3.8, 4) is 0 Å². The maximum Gasteiger partial charge on any atom is 0.226 e. The monoisotopic (exact) mass is 269 g/mol. The fourth-order valence-electron chi connectivity index (χ4n) is 4.92. The van der Waals surface area contributed by atoms with Crippen molar-refractivity contribution in [3.63, 3.8) is 0 Å². The predicted octanol–water partition coefficient (Wildman–Crippen LogP) is 3.34. The third kappa shape index (κ3) is 2.17.